The van der Waals surface area contributed by atoms with E-state index in [2.05, 4.69) is 5.32 Å². The number of rotatable bonds is 2. The summed E-state index contributed by atoms with van der Waals surface area (Å²) in [5.74, 6) is 2.33. The molecule has 1 unspecified atom stereocenters. The second-order valence-electron chi connectivity index (χ2n) is 6.93. The molecular weight excluding hydrogens is 310 g/mol. The zero-order valence-electron chi connectivity index (χ0n) is 14.0. The molecule has 2 heterocycles. The highest BCUT2D eigenvalue weighted by Crippen LogP contribution is 2.23. The van der Waals surface area contributed by atoms with Crippen LogP contribution in [0.25, 0.3) is 0 Å². The fourth-order valence-electron chi connectivity index (χ4n) is 3.95. The van der Waals surface area contributed by atoms with Crippen LogP contribution in [0, 0.1) is 0 Å². The van der Waals surface area contributed by atoms with Crippen molar-refractivity contribution >= 4 is 23.7 Å². The lowest BCUT2D eigenvalue weighted by Gasteiger charge is -2.31. The quantitative estimate of drug-likeness (QED) is 0.841. The Morgan fingerprint density at radius 1 is 0.870 bits per heavy atom. The summed E-state index contributed by atoms with van der Waals surface area (Å²) in [7, 11) is 0. The minimum atomic E-state index is -0.235. The molecule has 1 saturated carbocycles. The molecule has 23 heavy (non-hydrogen) atoms. The number of carbonyl (C=O) groups excluding carboxylic acids is 2. The van der Waals surface area contributed by atoms with Gasteiger partial charge >= 0.3 is 6.03 Å². The molecule has 1 N–H and O–H groups in total. The highest BCUT2D eigenvalue weighted by Gasteiger charge is 2.37. The highest BCUT2D eigenvalue weighted by molar-refractivity contribution is 7.99. The third-order valence-corrected chi connectivity index (χ3v) is 6.31. The maximum atomic E-state index is 12.9. The summed E-state index contributed by atoms with van der Waals surface area (Å²) in [4.78, 5) is 29.3. The predicted molar refractivity (Wildman–Crippen MR) is 93.7 cm³/mol. The molecule has 0 aromatic rings. The topological polar surface area (TPSA) is 52.7 Å². The Bertz CT molecular complexity index is 418. The zero-order chi connectivity index (χ0) is 16.1. The molecule has 0 aromatic carbocycles. The van der Waals surface area contributed by atoms with Gasteiger partial charge < -0.3 is 15.1 Å². The molecular formula is C17H29N3O2S. The van der Waals surface area contributed by atoms with Crippen molar-refractivity contribution < 1.29 is 9.59 Å². The second-order valence-corrected chi connectivity index (χ2v) is 8.15. The summed E-state index contributed by atoms with van der Waals surface area (Å²) in [6, 6.07) is 0.0563. The number of hydrogen-bond acceptors (Lipinski definition) is 3. The predicted octanol–water partition coefficient (Wildman–Crippen LogP) is 2.46. The van der Waals surface area contributed by atoms with Crippen molar-refractivity contribution in [3.05, 3.63) is 0 Å². The average molecular weight is 340 g/mol. The van der Waals surface area contributed by atoms with Gasteiger partial charge in [0.2, 0.25) is 5.91 Å². The van der Waals surface area contributed by atoms with Gasteiger partial charge in [-0.3, -0.25) is 4.79 Å². The lowest BCUT2D eigenvalue weighted by atomic mass is 9.96. The van der Waals surface area contributed by atoms with Gasteiger partial charge in [-0.15, -0.1) is 0 Å². The van der Waals surface area contributed by atoms with E-state index in [0.29, 0.717) is 6.04 Å². The Morgan fingerprint density at radius 2 is 1.70 bits per heavy atom. The molecule has 2 aliphatic heterocycles. The van der Waals surface area contributed by atoms with Gasteiger partial charge in [0.1, 0.15) is 6.04 Å². The maximum absolute atomic E-state index is 12.9. The second kappa shape index (κ2) is 8.27. The number of thioether (sulfide) groups is 1. The van der Waals surface area contributed by atoms with E-state index in [9.17, 15) is 9.59 Å². The van der Waals surface area contributed by atoms with Crippen LogP contribution in [0.3, 0.4) is 0 Å². The van der Waals surface area contributed by atoms with Gasteiger partial charge in [-0.25, -0.2) is 4.79 Å². The van der Waals surface area contributed by atoms with Gasteiger partial charge in [0.15, 0.2) is 0 Å². The van der Waals surface area contributed by atoms with Crippen LogP contribution in [0.4, 0.5) is 4.79 Å². The number of nitrogens with zero attached hydrogens (tertiary/aromatic N) is 2. The zero-order valence-corrected chi connectivity index (χ0v) is 14.8. The first kappa shape index (κ1) is 16.9. The van der Waals surface area contributed by atoms with Crippen molar-refractivity contribution in [3.8, 4) is 0 Å². The van der Waals surface area contributed by atoms with Gasteiger partial charge in [0.25, 0.3) is 0 Å². The van der Waals surface area contributed by atoms with Crippen LogP contribution in [-0.2, 0) is 4.79 Å². The minimum absolute atomic E-state index is 0.0167. The standard InChI is InChI=1S/C17H29N3O2S/c21-16(19-9-5-12-23-13-11-19)15-8-4-10-20(15)17(22)18-14-6-2-1-3-7-14/h14-15H,1-13H2,(H,18,22). The number of amides is 3. The van der Waals surface area contributed by atoms with Crippen molar-refractivity contribution in [2.24, 2.45) is 0 Å². The van der Waals surface area contributed by atoms with Crippen molar-refractivity contribution in [3.63, 3.8) is 0 Å². The number of hydrogen-bond donors (Lipinski definition) is 1. The number of likely N-dealkylation sites (tertiary alicyclic amines) is 1. The fourth-order valence-corrected chi connectivity index (χ4v) is 4.84. The summed E-state index contributed by atoms with van der Waals surface area (Å²) < 4.78 is 0. The van der Waals surface area contributed by atoms with Crippen LogP contribution >= 0.6 is 11.8 Å². The molecule has 3 fully saturated rings. The van der Waals surface area contributed by atoms with Crippen molar-refractivity contribution in [1.29, 1.82) is 0 Å². The monoisotopic (exact) mass is 339 g/mol. The smallest absolute Gasteiger partial charge is 0.318 e. The molecule has 1 aliphatic carbocycles. The molecule has 0 radical (unpaired) electrons. The molecule has 0 bridgehead atoms. The molecule has 3 amide bonds. The average Bonchev–Trinajstić information content (AvgIpc) is 2.90. The van der Waals surface area contributed by atoms with Crippen LogP contribution in [0.1, 0.15) is 51.4 Å². The number of nitrogens with one attached hydrogen (secondary N) is 1. The summed E-state index contributed by atoms with van der Waals surface area (Å²) in [6.45, 7) is 2.40. The van der Waals surface area contributed by atoms with E-state index < -0.39 is 0 Å². The fraction of sp³-hybridized carbons (Fsp3) is 0.882. The Labute approximate surface area is 143 Å². The van der Waals surface area contributed by atoms with E-state index in [0.717, 1.165) is 63.2 Å². The molecule has 0 aromatic heterocycles. The first-order chi connectivity index (χ1) is 11.3. The van der Waals surface area contributed by atoms with E-state index in [1.165, 1.54) is 19.3 Å². The molecule has 1 atom stereocenters. The Balaban J connectivity index is 1.57. The molecule has 3 rings (SSSR count). The van der Waals surface area contributed by atoms with Gasteiger partial charge in [-0.05, 0) is 37.9 Å². The lowest BCUT2D eigenvalue weighted by Crippen LogP contribution is -2.53. The van der Waals surface area contributed by atoms with Gasteiger partial charge in [-0.1, -0.05) is 19.3 Å². The Morgan fingerprint density at radius 3 is 2.52 bits per heavy atom. The van der Waals surface area contributed by atoms with Crippen molar-refractivity contribution in [1.82, 2.24) is 15.1 Å². The van der Waals surface area contributed by atoms with Gasteiger partial charge in [0, 0.05) is 31.4 Å². The summed E-state index contributed by atoms with van der Waals surface area (Å²) in [6.07, 6.45) is 8.69. The molecule has 2 saturated heterocycles. The van der Waals surface area contributed by atoms with Gasteiger partial charge in [0.05, 0.1) is 0 Å². The van der Waals surface area contributed by atoms with E-state index in [4.69, 9.17) is 0 Å². The summed E-state index contributed by atoms with van der Waals surface area (Å²) in [5.41, 5.74) is 0. The molecule has 6 heteroatoms. The van der Waals surface area contributed by atoms with E-state index in [-0.39, 0.29) is 18.0 Å². The third-order valence-electron chi connectivity index (χ3n) is 5.27. The van der Waals surface area contributed by atoms with E-state index >= 15 is 0 Å². The van der Waals surface area contributed by atoms with E-state index in [1.807, 2.05) is 16.7 Å². The van der Waals surface area contributed by atoms with Crippen LogP contribution in [0.2, 0.25) is 0 Å². The summed E-state index contributed by atoms with van der Waals surface area (Å²) >= 11 is 1.92. The van der Waals surface area contributed by atoms with Crippen LogP contribution in [0.5, 0.6) is 0 Å². The molecule has 130 valence electrons. The normalized spacial score (nSPS) is 26.9. The maximum Gasteiger partial charge on any atom is 0.318 e. The first-order valence-corrected chi connectivity index (χ1v) is 10.3. The SMILES string of the molecule is O=C(C1CCCN1C(=O)NC1CCCCC1)N1CCCSCC1. The van der Waals surface area contributed by atoms with Crippen LogP contribution < -0.4 is 5.32 Å². The van der Waals surface area contributed by atoms with E-state index in [1.54, 1.807) is 4.90 Å². The molecule has 3 aliphatic rings. The first-order valence-electron chi connectivity index (χ1n) is 9.19. The number of carbonyl (C=O) groups is 2. The Hall–Kier alpha value is -0.910. The lowest BCUT2D eigenvalue weighted by molar-refractivity contribution is -0.134. The Kier molecular flexibility index (Phi) is 6.08. The number of urea groups is 1. The molecule has 5 nitrogen and oxygen atoms in total. The third kappa shape index (κ3) is 4.34. The van der Waals surface area contributed by atoms with Gasteiger partial charge in [-0.2, -0.15) is 11.8 Å². The van der Waals surface area contributed by atoms with Crippen LogP contribution in [-0.4, -0.2) is 65.0 Å². The minimum Gasteiger partial charge on any atom is -0.340 e. The van der Waals surface area contributed by atoms with Crippen molar-refractivity contribution in [2.45, 2.75) is 63.5 Å². The van der Waals surface area contributed by atoms with Crippen molar-refractivity contribution in [2.75, 3.05) is 31.1 Å². The molecule has 0 spiro atoms. The van der Waals surface area contributed by atoms with Crippen LogP contribution in [0.15, 0.2) is 0 Å². The largest absolute Gasteiger partial charge is 0.340 e. The summed E-state index contributed by atoms with van der Waals surface area (Å²) in [5, 5.41) is 3.17. The highest BCUT2D eigenvalue weighted by atomic mass is 32.2.